The third-order valence-electron chi connectivity index (χ3n) is 3.42. The molecule has 1 atom stereocenters. The van der Waals surface area contributed by atoms with Gasteiger partial charge in [-0.05, 0) is 42.5 Å². The SMILES string of the molecule is Cc1ccc(NC(CC(C)C)c2ccccc2)cc1Cl. The topological polar surface area (TPSA) is 12.0 Å². The van der Waals surface area contributed by atoms with Crippen LogP contribution in [-0.2, 0) is 0 Å². The number of rotatable bonds is 5. The van der Waals surface area contributed by atoms with E-state index < -0.39 is 0 Å². The number of hydrogen-bond donors (Lipinski definition) is 1. The minimum absolute atomic E-state index is 0.315. The summed E-state index contributed by atoms with van der Waals surface area (Å²) < 4.78 is 0. The van der Waals surface area contributed by atoms with Crippen LogP contribution >= 0.6 is 11.6 Å². The van der Waals surface area contributed by atoms with Crippen molar-refractivity contribution < 1.29 is 0 Å². The average Bonchev–Trinajstić information content (AvgIpc) is 2.43. The second-order valence-corrected chi connectivity index (χ2v) is 6.11. The van der Waals surface area contributed by atoms with Gasteiger partial charge >= 0.3 is 0 Å². The van der Waals surface area contributed by atoms with Gasteiger partial charge in [0.15, 0.2) is 0 Å². The number of benzene rings is 2. The summed E-state index contributed by atoms with van der Waals surface area (Å²) >= 11 is 6.21. The Morgan fingerprint density at radius 2 is 1.75 bits per heavy atom. The fourth-order valence-electron chi connectivity index (χ4n) is 2.32. The summed E-state index contributed by atoms with van der Waals surface area (Å²) in [5, 5.41) is 4.42. The van der Waals surface area contributed by atoms with Crippen LogP contribution < -0.4 is 5.32 Å². The van der Waals surface area contributed by atoms with Crippen molar-refractivity contribution in [3.8, 4) is 0 Å². The highest BCUT2D eigenvalue weighted by molar-refractivity contribution is 6.31. The summed E-state index contributed by atoms with van der Waals surface area (Å²) in [6.45, 7) is 6.52. The Morgan fingerprint density at radius 3 is 2.35 bits per heavy atom. The standard InChI is InChI=1S/C18H22ClN/c1-13(2)11-18(15-7-5-4-6-8-15)20-16-10-9-14(3)17(19)12-16/h4-10,12-13,18,20H,11H2,1-3H3. The highest BCUT2D eigenvalue weighted by Gasteiger charge is 2.13. The van der Waals surface area contributed by atoms with Crippen molar-refractivity contribution in [1.29, 1.82) is 0 Å². The molecule has 2 aromatic rings. The highest BCUT2D eigenvalue weighted by atomic mass is 35.5. The molecule has 0 aromatic heterocycles. The first kappa shape index (κ1) is 14.9. The Kier molecular flexibility index (Phi) is 5.08. The first-order chi connectivity index (χ1) is 9.56. The fraction of sp³-hybridized carbons (Fsp3) is 0.333. The van der Waals surface area contributed by atoms with E-state index in [0.29, 0.717) is 12.0 Å². The van der Waals surface area contributed by atoms with E-state index in [0.717, 1.165) is 22.7 Å². The van der Waals surface area contributed by atoms with Gasteiger partial charge in [-0.25, -0.2) is 0 Å². The van der Waals surface area contributed by atoms with E-state index in [9.17, 15) is 0 Å². The van der Waals surface area contributed by atoms with Gasteiger partial charge in [-0.2, -0.15) is 0 Å². The van der Waals surface area contributed by atoms with Crippen LogP contribution in [0.2, 0.25) is 5.02 Å². The molecule has 1 nitrogen and oxygen atoms in total. The maximum atomic E-state index is 6.21. The van der Waals surface area contributed by atoms with Gasteiger partial charge in [-0.15, -0.1) is 0 Å². The predicted octanol–water partition coefficient (Wildman–Crippen LogP) is 5.85. The molecule has 2 rings (SSSR count). The lowest BCUT2D eigenvalue weighted by Gasteiger charge is -2.22. The summed E-state index contributed by atoms with van der Waals surface area (Å²) in [4.78, 5) is 0. The van der Waals surface area contributed by atoms with Crippen LogP contribution in [0, 0.1) is 12.8 Å². The Balaban J connectivity index is 2.21. The summed E-state index contributed by atoms with van der Waals surface area (Å²) in [7, 11) is 0. The molecule has 20 heavy (non-hydrogen) atoms. The Labute approximate surface area is 127 Å². The van der Waals surface area contributed by atoms with Crippen LogP contribution in [0.3, 0.4) is 0 Å². The molecular weight excluding hydrogens is 266 g/mol. The first-order valence-corrected chi connectivity index (χ1v) is 7.51. The van der Waals surface area contributed by atoms with E-state index >= 15 is 0 Å². The molecule has 106 valence electrons. The van der Waals surface area contributed by atoms with Gasteiger partial charge in [-0.1, -0.05) is 61.8 Å². The van der Waals surface area contributed by atoms with Gasteiger partial charge in [0.2, 0.25) is 0 Å². The largest absolute Gasteiger partial charge is 0.378 e. The molecular formula is C18H22ClN. The van der Waals surface area contributed by atoms with E-state index in [2.05, 4.69) is 61.6 Å². The van der Waals surface area contributed by atoms with Gasteiger partial charge < -0.3 is 5.32 Å². The quantitative estimate of drug-likeness (QED) is 0.727. The number of anilines is 1. The predicted molar refractivity (Wildman–Crippen MR) is 88.4 cm³/mol. The number of nitrogens with one attached hydrogen (secondary N) is 1. The second kappa shape index (κ2) is 6.81. The van der Waals surface area contributed by atoms with Gasteiger partial charge in [0.25, 0.3) is 0 Å². The summed E-state index contributed by atoms with van der Waals surface area (Å²) in [5.41, 5.74) is 3.50. The third-order valence-corrected chi connectivity index (χ3v) is 3.83. The summed E-state index contributed by atoms with van der Waals surface area (Å²) in [5.74, 6) is 0.633. The molecule has 0 aliphatic carbocycles. The number of hydrogen-bond acceptors (Lipinski definition) is 1. The molecule has 1 unspecified atom stereocenters. The number of aryl methyl sites for hydroxylation is 1. The second-order valence-electron chi connectivity index (χ2n) is 5.70. The zero-order valence-corrected chi connectivity index (χ0v) is 13.1. The summed E-state index contributed by atoms with van der Waals surface area (Å²) in [6, 6.07) is 17.1. The zero-order valence-electron chi connectivity index (χ0n) is 12.4. The molecule has 0 spiro atoms. The van der Waals surface area contributed by atoms with E-state index in [-0.39, 0.29) is 0 Å². The van der Waals surface area contributed by atoms with Crippen LogP contribution in [-0.4, -0.2) is 0 Å². The molecule has 0 fully saturated rings. The van der Waals surface area contributed by atoms with Crippen molar-refractivity contribution in [3.63, 3.8) is 0 Å². The third kappa shape index (κ3) is 4.01. The van der Waals surface area contributed by atoms with Crippen molar-refractivity contribution in [2.45, 2.75) is 33.2 Å². The van der Waals surface area contributed by atoms with E-state index in [4.69, 9.17) is 11.6 Å². The summed E-state index contributed by atoms with van der Waals surface area (Å²) in [6.07, 6.45) is 1.09. The molecule has 2 aromatic carbocycles. The molecule has 0 aliphatic heterocycles. The number of halogens is 1. The van der Waals surface area contributed by atoms with Crippen LogP contribution in [0.5, 0.6) is 0 Å². The Morgan fingerprint density at radius 1 is 1.05 bits per heavy atom. The zero-order chi connectivity index (χ0) is 14.5. The van der Waals surface area contributed by atoms with Crippen LogP contribution in [0.25, 0.3) is 0 Å². The van der Waals surface area contributed by atoms with Crippen molar-refractivity contribution >= 4 is 17.3 Å². The Hall–Kier alpha value is -1.47. The molecule has 0 bridgehead atoms. The molecule has 0 aliphatic rings. The van der Waals surface area contributed by atoms with Crippen molar-refractivity contribution in [2.24, 2.45) is 5.92 Å². The smallest absolute Gasteiger partial charge is 0.0516 e. The lowest BCUT2D eigenvalue weighted by molar-refractivity contribution is 0.531. The minimum Gasteiger partial charge on any atom is -0.378 e. The molecule has 0 radical (unpaired) electrons. The van der Waals surface area contributed by atoms with E-state index in [1.54, 1.807) is 0 Å². The molecule has 0 heterocycles. The monoisotopic (exact) mass is 287 g/mol. The van der Waals surface area contributed by atoms with Crippen LogP contribution in [0.1, 0.15) is 37.4 Å². The average molecular weight is 288 g/mol. The lowest BCUT2D eigenvalue weighted by Crippen LogP contribution is -2.13. The van der Waals surface area contributed by atoms with Gasteiger partial charge in [0.05, 0.1) is 6.04 Å². The normalized spacial score (nSPS) is 12.4. The Bertz CT molecular complexity index is 549. The van der Waals surface area contributed by atoms with Gasteiger partial charge in [0.1, 0.15) is 0 Å². The van der Waals surface area contributed by atoms with Crippen LogP contribution in [0.15, 0.2) is 48.5 Å². The van der Waals surface area contributed by atoms with Crippen LogP contribution in [0.4, 0.5) is 5.69 Å². The highest BCUT2D eigenvalue weighted by Crippen LogP contribution is 2.28. The van der Waals surface area contributed by atoms with Crippen molar-refractivity contribution in [3.05, 3.63) is 64.7 Å². The molecule has 0 amide bonds. The molecule has 0 saturated heterocycles. The first-order valence-electron chi connectivity index (χ1n) is 7.14. The van der Waals surface area contributed by atoms with Crippen molar-refractivity contribution in [2.75, 3.05) is 5.32 Å². The molecule has 2 heteroatoms. The maximum Gasteiger partial charge on any atom is 0.0516 e. The van der Waals surface area contributed by atoms with Crippen molar-refractivity contribution in [1.82, 2.24) is 0 Å². The van der Waals surface area contributed by atoms with E-state index in [1.807, 2.05) is 13.0 Å². The molecule has 0 saturated carbocycles. The van der Waals surface area contributed by atoms with Gasteiger partial charge in [0, 0.05) is 10.7 Å². The minimum atomic E-state index is 0.315. The molecule has 1 N–H and O–H groups in total. The lowest BCUT2D eigenvalue weighted by atomic mass is 9.96. The fourth-order valence-corrected chi connectivity index (χ4v) is 2.50. The van der Waals surface area contributed by atoms with E-state index in [1.165, 1.54) is 5.56 Å². The van der Waals surface area contributed by atoms with Gasteiger partial charge in [-0.3, -0.25) is 0 Å². The maximum absolute atomic E-state index is 6.21.